The van der Waals surface area contributed by atoms with Gasteiger partial charge in [-0.3, -0.25) is 9.59 Å². The highest BCUT2D eigenvalue weighted by Crippen LogP contribution is 2.31. The molecule has 0 aromatic heterocycles. The van der Waals surface area contributed by atoms with Crippen molar-refractivity contribution in [3.05, 3.63) is 0 Å². The van der Waals surface area contributed by atoms with Crippen LogP contribution in [0.4, 0.5) is 0 Å². The van der Waals surface area contributed by atoms with E-state index in [0.717, 1.165) is 12.8 Å². The van der Waals surface area contributed by atoms with Gasteiger partial charge in [-0.1, -0.05) is 0 Å². The lowest BCUT2D eigenvalue weighted by atomic mass is 10.1. The van der Waals surface area contributed by atoms with Crippen molar-refractivity contribution >= 4 is 17.8 Å². The zero-order valence-electron chi connectivity index (χ0n) is 10.5. The van der Waals surface area contributed by atoms with Gasteiger partial charge < -0.3 is 20.4 Å². The van der Waals surface area contributed by atoms with Crippen molar-refractivity contribution < 1.29 is 24.6 Å². The minimum absolute atomic E-state index is 0.0528. The fourth-order valence-electron chi connectivity index (χ4n) is 2.21. The molecule has 0 aromatic rings. The molecule has 2 fully saturated rings. The Bertz CT molecular complexity index is 394. The van der Waals surface area contributed by atoms with Gasteiger partial charge in [-0.05, 0) is 18.8 Å². The summed E-state index contributed by atoms with van der Waals surface area (Å²) < 4.78 is 0. The molecule has 1 heterocycles. The van der Waals surface area contributed by atoms with E-state index in [1.807, 2.05) is 0 Å². The highest BCUT2D eigenvalue weighted by atomic mass is 16.4. The van der Waals surface area contributed by atoms with E-state index in [-0.39, 0.29) is 12.3 Å². The van der Waals surface area contributed by atoms with Crippen LogP contribution in [0.25, 0.3) is 0 Å². The molecule has 7 heteroatoms. The maximum Gasteiger partial charge on any atom is 0.328 e. The predicted molar refractivity (Wildman–Crippen MR) is 64.1 cm³/mol. The number of carbonyl (C=O) groups is 3. The molecule has 2 aliphatic rings. The first-order valence-electron chi connectivity index (χ1n) is 6.43. The SMILES string of the molecule is O=C(N[C@@H](CO)C(=O)O)C1CC(=O)N(CC2CC2)C1. The molecule has 19 heavy (non-hydrogen) atoms. The summed E-state index contributed by atoms with van der Waals surface area (Å²) in [7, 11) is 0. The molecule has 0 aromatic carbocycles. The summed E-state index contributed by atoms with van der Waals surface area (Å²) in [5.41, 5.74) is 0. The predicted octanol–water partition coefficient (Wildman–Crippen LogP) is -1.19. The summed E-state index contributed by atoms with van der Waals surface area (Å²) in [5.74, 6) is -1.76. The van der Waals surface area contributed by atoms with Crippen LogP contribution in [0.2, 0.25) is 0 Å². The van der Waals surface area contributed by atoms with Crippen molar-refractivity contribution in [3.63, 3.8) is 0 Å². The number of hydrogen-bond acceptors (Lipinski definition) is 4. The van der Waals surface area contributed by atoms with Crippen LogP contribution >= 0.6 is 0 Å². The van der Waals surface area contributed by atoms with Crippen LogP contribution in [-0.4, -0.2) is 58.6 Å². The highest BCUT2D eigenvalue weighted by molar-refractivity contribution is 5.91. The monoisotopic (exact) mass is 270 g/mol. The number of aliphatic hydroxyl groups is 1. The highest BCUT2D eigenvalue weighted by Gasteiger charge is 2.38. The number of amides is 2. The van der Waals surface area contributed by atoms with Crippen molar-refractivity contribution in [2.24, 2.45) is 11.8 Å². The Labute approximate surface area is 110 Å². The first-order chi connectivity index (χ1) is 9.01. The number of rotatable bonds is 6. The molecule has 3 N–H and O–H groups in total. The Balaban J connectivity index is 1.86. The van der Waals surface area contributed by atoms with E-state index in [0.29, 0.717) is 19.0 Å². The second kappa shape index (κ2) is 5.56. The molecule has 0 bridgehead atoms. The van der Waals surface area contributed by atoms with E-state index in [1.165, 1.54) is 0 Å². The molecule has 1 aliphatic carbocycles. The molecule has 2 rings (SSSR count). The number of likely N-dealkylation sites (tertiary alicyclic amines) is 1. The van der Waals surface area contributed by atoms with E-state index >= 15 is 0 Å². The smallest absolute Gasteiger partial charge is 0.328 e. The van der Waals surface area contributed by atoms with Gasteiger partial charge in [-0.15, -0.1) is 0 Å². The lowest BCUT2D eigenvalue weighted by Crippen LogP contribution is -2.46. The zero-order chi connectivity index (χ0) is 14.0. The maximum absolute atomic E-state index is 11.8. The third kappa shape index (κ3) is 3.44. The van der Waals surface area contributed by atoms with Crippen molar-refractivity contribution in [3.8, 4) is 0 Å². The summed E-state index contributed by atoms with van der Waals surface area (Å²) in [6.45, 7) is 0.386. The van der Waals surface area contributed by atoms with Gasteiger partial charge in [-0.25, -0.2) is 4.79 Å². The van der Waals surface area contributed by atoms with Gasteiger partial charge in [0.2, 0.25) is 11.8 Å². The van der Waals surface area contributed by atoms with Gasteiger partial charge in [-0.2, -0.15) is 0 Å². The zero-order valence-corrected chi connectivity index (χ0v) is 10.5. The molecule has 2 amide bonds. The van der Waals surface area contributed by atoms with E-state index < -0.39 is 30.4 Å². The second-order valence-electron chi connectivity index (χ2n) is 5.23. The van der Waals surface area contributed by atoms with E-state index in [9.17, 15) is 14.4 Å². The minimum atomic E-state index is -1.31. The summed E-state index contributed by atoms with van der Waals surface area (Å²) >= 11 is 0. The van der Waals surface area contributed by atoms with Gasteiger partial charge in [0.25, 0.3) is 0 Å². The maximum atomic E-state index is 11.8. The van der Waals surface area contributed by atoms with Crippen LogP contribution in [0.1, 0.15) is 19.3 Å². The lowest BCUT2D eigenvalue weighted by Gasteiger charge is -2.17. The molecular formula is C12H18N2O5. The van der Waals surface area contributed by atoms with Gasteiger partial charge in [0.05, 0.1) is 12.5 Å². The van der Waals surface area contributed by atoms with Gasteiger partial charge >= 0.3 is 5.97 Å². The number of carboxylic acids is 1. The largest absolute Gasteiger partial charge is 0.480 e. The van der Waals surface area contributed by atoms with Crippen LogP contribution in [-0.2, 0) is 14.4 Å². The summed E-state index contributed by atoms with van der Waals surface area (Å²) in [6.07, 6.45) is 2.38. The third-order valence-corrected chi connectivity index (χ3v) is 3.56. The fraction of sp³-hybridized carbons (Fsp3) is 0.750. The van der Waals surface area contributed by atoms with E-state index in [2.05, 4.69) is 5.32 Å². The quantitative estimate of drug-likeness (QED) is 0.562. The Kier molecular flexibility index (Phi) is 4.04. The first kappa shape index (κ1) is 13.8. The summed E-state index contributed by atoms with van der Waals surface area (Å²) in [6, 6.07) is -1.31. The summed E-state index contributed by atoms with van der Waals surface area (Å²) in [5, 5.41) is 19.8. The molecule has 1 saturated heterocycles. The van der Waals surface area contributed by atoms with Crippen LogP contribution in [0.3, 0.4) is 0 Å². The molecule has 0 spiro atoms. The van der Waals surface area contributed by atoms with Crippen LogP contribution in [0.5, 0.6) is 0 Å². The van der Waals surface area contributed by atoms with E-state index in [4.69, 9.17) is 10.2 Å². The molecule has 0 radical (unpaired) electrons. The molecule has 1 aliphatic heterocycles. The average molecular weight is 270 g/mol. The number of aliphatic carboxylic acids is 1. The molecule has 1 saturated carbocycles. The molecular weight excluding hydrogens is 252 g/mol. The van der Waals surface area contributed by atoms with Gasteiger partial charge in [0.15, 0.2) is 0 Å². The Morgan fingerprint density at radius 3 is 2.63 bits per heavy atom. The Morgan fingerprint density at radius 1 is 1.42 bits per heavy atom. The molecule has 1 unspecified atom stereocenters. The molecule has 7 nitrogen and oxygen atoms in total. The Morgan fingerprint density at radius 2 is 2.11 bits per heavy atom. The number of nitrogens with zero attached hydrogens (tertiary/aromatic N) is 1. The van der Waals surface area contributed by atoms with Crippen LogP contribution in [0.15, 0.2) is 0 Å². The van der Waals surface area contributed by atoms with Crippen molar-refractivity contribution in [1.29, 1.82) is 0 Å². The van der Waals surface area contributed by atoms with Gasteiger partial charge in [0, 0.05) is 19.5 Å². The second-order valence-corrected chi connectivity index (χ2v) is 5.23. The van der Waals surface area contributed by atoms with Crippen LogP contribution < -0.4 is 5.32 Å². The number of aliphatic hydroxyl groups excluding tert-OH is 1. The summed E-state index contributed by atoms with van der Waals surface area (Å²) in [4.78, 5) is 36.0. The normalized spacial score (nSPS) is 24.4. The number of hydrogen-bond donors (Lipinski definition) is 3. The Hall–Kier alpha value is -1.63. The fourth-order valence-corrected chi connectivity index (χ4v) is 2.21. The van der Waals surface area contributed by atoms with Crippen LogP contribution in [0, 0.1) is 11.8 Å². The molecule has 106 valence electrons. The van der Waals surface area contributed by atoms with E-state index in [1.54, 1.807) is 4.90 Å². The third-order valence-electron chi connectivity index (χ3n) is 3.56. The van der Waals surface area contributed by atoms with Crippen molar-refractivity contribution in [1.82, 2.24) is 10.2 Å². The standard InChI is InChI=1S/C12H18N2O5/c15-6-9(12(18)19)13-11(17)8-3-10(16)14(5-8)4-7-1-2-7/h7-9,15H,1-6H2,(H,13,17)(H,18,19)/t8?,9-/m0/s1. The molecule has 2 atom stereocenters. The lowest BCUT2D eigenvalue weighted by molar-refractivity contribution is -0.143. The number of nitrogens with one attached hydrogen (secondary N) is 1. The van der Waals surface area contributed by atoms with Crippen molar-refractivity contribution in [2.45, 2.75) is 25.3 Å². The number of carbonyl (C=O) groups excluding carboxylic acids is 2. The van der Waals surface area contributed by atoms with Gasteiger partial charge in [0.1, 0.15) is 6.04 Å². The van der Waals surface area contributed by atoms with Crippen molar-refractivity contribution in [2.75, 3.05) is 19.7 Å². The first-order valence-corrected chi connectivity index (χ1v) is 6.43. The topological polar surface area (TPSA) is 107 Å². The average Bonchev–Trinajstić information content (AvgIpc) is 3.09. The minimum Gasteiger partial charge on any atom is -0.480 e. The number of carboxylic acid groups (broad SMARTS) is 1.